The van der Waals surface area contributed by atoms with Crippen LogP contribution in [0.4, 0.5) is 0 Å². The molecule has 90 valence electrons. The highest BCUT2D eigenvalue weighted by molar-refractivity contribution is 5.84. The third-order valence-corrected chi connectivity index (χ3v) is 2.79. The zero-order valence-electron chi connectivity index (χ0n) is 10.3. The molecule has 0 rings (SSSR count). The van der Waals surface area contributed by atoms with Crippen molar-refractivity contribution in [1.82, 2.24) is 0 Å². The number of Topliss-reactive ketones (excluding diaryl/α,β-unsaturated/α-hetero) is 1. The number of hydrogen-bond acceptors (Lipinski definition) is 3. The van der Waals surface area contributed by atoms with Crippen molar-refractivity contribution in [2.75, 3.05) is 13.7 Å². The third kappa shape index (κ3) is 6.63. The predicted octanol–water partition coefficient (Wildman–Crippen LogP) is 2.14. The van der Waals surface area contributed by atoms with E-state index < -0.39 is 6.04 Å². The number of nitrogens with two attached hydrogens (primary N) is 1. The van der Waals surface area contributed by atoms with E-state index in [1.807, 2.05) is 0 Å². The molecule has 3 heteroatoms. The first-order valence-corrected chi connectivity index (χ1v) is 5.92. The molecule has 0 fully saturated rings. The third-order valence-electron chi connectivity index (χ3n) is 2.79. The van der Waals surface area contributed by atoms with E-state index in [1.54, 1.807) is 7.11 Å². The Hall–Kier alpha value is -0.410. The maximum absolute atomic E-state index is 11.7. The van der Waals surface area contributed by atoms with Crippen molar-refractivity contribution in [3.05, 3.63) is 0 Å². The van der Waals surface area contributed by atoms with Crippen LogP contribution in [0.2, 0.25) is 0 Å². The summed E-state index contributed by atoms with van der Waals surface area (Å²) < 4.78 is 4.88. The van der Waals surface area contributed by atoms with Crippen LogP contribution in [-0.4, -0.2) is 25.5 Å². The highest BCUT2D eigenvalue weighted by Crippen LogP contribution is 2.17. The number of unbranched alkanes of at least 4 members (excludes halogenated alkanes) is 1. The zero-order chi connectivity index (χ0) is 11.7. The quantitative estimate of drug-likeness (QED) is 0.641. The van der Waals surface area contributed by atoms with Crippen molar-refractivity contribution < 1.29 is 9.53 Å². The van der Waals surface area contributed by atoms with E-state index in [-0.39, 0.29) is 5.78 Å². The molecule has 3 nitrogen and oxygen atoms in total. The molecule has 0 saturated heterocycles. The first-order valence-electron chi connectivity index (χ1n) is 5.92. The molecule has 0 radical (unpaired) electrons. The number of hydrogen-bond donors (Lipinski definition) is 1. The minimum atomic E-state index is -0.439. The lowest BCUT2D eigenvalue weighted by molar-refractivity contribution is -0.122. The van der Waals surface area contributed by atoms with E-state index in [0.29, 0.717) is 18.9 Å². The van der Waals surface area contributed by atoms with Crippen LogP contribution in [0.25, 0.3) is 0 Å². The van der Waals surface area contributed by atoms with Gasteiger partial charge in [-0.05, 0) is 5.92 Å². The number of ether oxygens (including phenoxy) is 1. The van der Waals surface area contributed by atoms with Crippen molar-refractivity contribution >= 4 is 5.78 Å². The van der Waals surface area contributed by atoms with Crippen LogP contribution in [0.15, 0.2) is 0 Å². The molecule has 2 atom stereocenters. The van der Waals surface area contributed by atoms with E-state index in [9.17, 15) is 4.79 Å². The lowest BCUT2D eigenvalue weighted by atomic mass is 9.92. The van der Waals surface area contributed by atoms with Crippen LogP contribution in [0.5, 0.6) is 0 Å². The maximum Gasteiger partial charge on any atom is 0.152 e. The lowest BCUT2D eigenvalue weighted by Crippen LogP contribution is -2.35. The molecule has 0 amide bonds. The van der Waals surface area contributed by atoms with Crippen LogP contribution in [0.1, 0.15) is 46.0 Å². The minimum Gasteiger partial charge on any atom is -0.383 e. The second-order valence-corrected chi connectivity index (χ2v) is 4.15. The molecular formula is C12H25NO2. The Bertz CT molecular complexity index is 171. The van der Waals surface area contributed by atoms with Crippen molar-refractivity contribution in [2.24, 2.45) is 11.7 Å². The van der Waals surface area contributed by atoms with Gasteiger partial charge in [0.05, 0.1) is 12.6 Å². The number of carbonyl (C=O) groups excluding carboxylic acids is 1. The van der Waals surface area contributed by atoms with Crippen LogP contribution in [0.3, 0.4) is 0 Å². The molecule has 0 aromatic rings. The monoisotopic (exact) mass is 215 g/mol. The molecule has 0 aliphatic carbocycles. The molecule has 2 N–H and O–H groups in total. The Labute approximate surface area is 93.4 Å². The van der Waals surface area contributed by atoms with E-state index in [2.05, 4.69) is 13.8 Å². The summed E-state index contributed by atoms with van der Waals surface area (Å²) in [5, 5.41) is 0. The van der Waals surface area contributed by atoms with Gasteiger partial charge in [0.2, 0.25) is 0 Å². The molecule has 2 unspecified atom stereocenters. The van der Waals surface area contributed by atoms with Gasteiger partial charge in [-0.3, -0.25) is 4.79 Å². The molecule has 0 aromatic carbocycles. The SMILES string of the molecule is CCCCC(CC)CC(=O)C(N)COC. The highest BCUT2D eigenvalue weighted by atomic mass is 16.5. The van der Waals surface area contributed by atoms with E-state index in [0.717, 1.165) is 12.8 Å². The van der Waals surface area contributed by atoms with Gasteiger partial charge >= 0.3 is 0 Å². The number of rotatable bonds is 9. The van der Waals surface area contributed by atoms with Gasteiger partial charge in [-0.25, -0.2) is 0 Å². The Morgan fingerprint density at radius 3 is 2.53 bits per heavy atom. The molecule has 0 aliphatic rings. The lowest BCUT2D eigenvalue weighted by Gasteiger charge is -2.16. The van der Waals surface area contributed by atoms with Gasteiger partial charge in [0, 0.05) is 13.5 Å². The minimum absolute atomic E-state index is 0.139. The summed E-state index contributed by atoms with van der Waals surface area (Å²) in [7, 11) is 1.57. The number of methoxy groups -OCH3 is 1. The number of carbonyl (C=O) groups is 1. The summed E-state index contributed by atoms with van der Waals surface area (Å²) in [5.74, 6) is 0.639. The van der Waals surface area contributed by atoms with Gasteiger partial charge < -0.3 is 10.5 Å². The molecule has 0 aliphatic heterocycles. The summed E-state index contributed by atoms with van der Waals surface area (Å²) in [4.78, 5) is 11.7. The van der Waals surface area contributed by atoms with Crippen LogP contribution < -0.4 is 5.73 Å². The zero-order valence-corrected chi connectivity index (χ0v) is 10.3. The van der Waals surface area contributed by atoms with E-state index >= 15 is 0 Å². The second kappa shape index (κ2) is 8.86. The Morgan fingerprint density at radius 2 is 2.07 bits per heavy atom. The summed E-state index contributed by atoms with van der Waals surface area (Å²) in [6, 6.07) is -0.439. The Balaban J connectivity index is 3.88. The van der Waals surface area contributed by atoms with Crippen LogP contribution >= 0.6 is 0 Å². The summed E-state index contributed by atoms with van der Waals surface area (Å²) in [5.41, 5.74) is 5.68. The Morgan fingerprint density at radius 1 is 1.40 bits per heavy atom. The molecule has 0 saturated carbocycles. The van der Waals surface area contributed by atoms with Crippen molar-refractivity contribution in [2.45, 2.75) is 52.0 Å². The fourth-order valence-electron chi connectivity index (χ4n) is 1.65. The van der Waals surface area contributed by atoms with Gasteiger partial charge in [-0.15, -0.1) is 0 Å². The summed E-state index contributed by atoms with van der Waals surface area (Å²) >= 11 is 0. The van der Waals surface area contributed by atoms with Crippen LogP contribution in [0, 0.1) is 5.92 Å². The van der Waals surface area contributed by atoms with E-state index in [1.165, 1.54) is 12.8 Å². The smallest absolute Gasteiger partial charge is 0.152 e. The molecule has 0 spiro atoms. The average molecular weight is 215 g/mol. The summed E-state index contributed by atoms with van der Waals surface area (Å²) in [6.07, 6.45) is 5.20. The first kappa shape index (κ1) is 14.6. The molecule has 0 aromatic heterocycles. The fourth-order valence-corrected chi connectivity index (χ4v) is 1.65. The van der Waals surface area contributed by atoms with Gasteiger partial charge in [0.1, 0.15) is 0 Å². The molecule has 0 heterocycles. The number of ketones is 1. The largest absolute Gasteiger partial charge is 0.383 e. The fraction of sp³-hybridized carbons (Fsp3) is 0.917. The molecule has 0 bridgehead atoms. The van der Waals surface area contributed by atoms with Crippen molar-refractivity contribution in [3.63, 3.8) is 0 Å². The van der Waals surface area contributed by atoms with Crippen molar-refractivity contribution in [3.8, 4) is 0 Å². The molecular weight excluding hydrogens is 190 g/mol. The predicted molar refractivity (Wildman–Crippen MR) is 62.8 cm³/mol. The standard InChI is InChI=1S/C12H25NO2/c1-4-6-7-10(5-2)8-12(14)11(13)9-15-3/h10-11H,4-9,13H2,1-3H3. The second-order valence-electron chi connectivity index (χ2n) is 4.15. The van der Waals surface area contributed by atoms with Crippen molar-refractivity contribution in [1.29, 1.82) is 0 Å². The summed E-state index contributed by atoms with van der Waals surface area (Å²) in [6.45, 7) is 4.64. The maximum atomic E-state index is 11.7. The average Bonchev–Trinajstić information content (AvgIpc) is 2.24. The van der Waals surface area contributed by atoms with Gasteiger partial charge in [0.15, 0.2) is 5.78 Å². The normalized spacial score (nSPS) is 14.9. The van der Waals surface area contributed by atoms with Gasteiger partial charge in [0.25, 0.3) is 0 Å². The van der Waals surface area contributed by atoms with Gasteiger partial charge in [-0.2, -0.15) is 0 Å². The van der Waals surface area contributed by atoms with Crippen LogP contribution in [-0.2, 0) is 9.53 Å². The first-order chi connectivity index (χ1) is 7.15. The van der Waals surface area contributed by atoms with E-state index in [4.69, 9.17) is 10.5 Å². The topological polar surface area (TPSA) is 52.3 Å². The Kier molecular flexibility index (Phi) is 8.62. The van der Waals surface area contributed by atoms with Gasteiger partial charge in [-0.1, -0.05) is 39.5 Å². The highest BCUT2D eigenvalue weighted by Gasteiger charge is 2.17. The molecule has 15 heavy (non-hydrogen) atoms.